The molecule has 0 spiro atoms. The van der Waals surface area contributed by atoms with Gasteiger partial charge in [0.25, 0.3) is 0 Å². The fraction of sp³-hybridized carbons (Fsp3) is 0.733. The molecule has 0 amide bonds. The van der Waals surface area contributed by atoms with E-state index in [9.17, 15) is 62.4 Å². The molecule has 24 heteroatoms. The molecule has 2 aliphatic heterocycles. The van der Waals surface area contributed by atoms with Crippen molar-refractivity contribution in [1.82, 2.24) is 0 Å². The molecule has 0 aromatic carbocycles. The number of allylic oxidation sites excluding steroid dienone is 2. The summed E-state index contributed by atoms with van der Waals surface area (Å²) in [6.45, 7) is 11.0. The molecule has 0 aromatic rings. The zero-order chi connectivity index (χ0) is 41.8. The quantitative estimate of drug-likeness (QED) is 0.0375. The van der Waals surface area contributed by atoms with Gasteiger partial charge < -0.3 is 24.1 Å². The third-order valence-corrected chi connectivity index (χ3v) is 13.1. The first-order chi connectivity index (χ1) is 25.1. The molecule has 2 aliphatic rings. The predicted molar refractivity (Wildman–Crippen MR) is 177 cm³/mol. The maximum absolute atomic E-state index is 11.8. The Morgan fingerprint density at radius 3 is 1.93 bits per heavy atom. The monoisotopic (exact) mass is 944 g/mol. The van der Waals surface area contributed by atoms with Crippen LogP contribution in [0.3, 0.4) is 0 Å². The van der Waals surface area contributed by atoms with Crippen LogP contribution in [0.4, 0.5) is 26.3 Å². The second kappa shape index (κ2) is 28.9. The number of carbonyl (C=O) groups is 4. The summed E-state index contributed by atoms with van der Waals surface area (Å²) in [4.78, 5) is 44.0. The Balaban J connectivity index is 0. The Labute approximate surface area is 321 Å². The molecule has 314 valence electrons. The Bertz CT molecular complexity index is 1310. The zero-order valence-electron chi connectivity index (χ0n) is 29.5. The number of ether oxygens (including phenoxy) is 4. The van der Waals surface area contributed by atoms with Crippen LogP contribution in [-0.2, 0) is 63.4 Å². The molecule has 2 atom stereocenters. The summed E-state index contributed by atoms with van der Waals surface area (Å²) < 4.78 is 136. The Kier molecular flexibility index (Phi) is 28.7. The van der Waals surface area contributed by atoms with Crippen molar-refractivity contribution >= 4 is 66.1 Å². The number of rotatable bonds is 18. The number of hydrogen-bond donors (Lipinski definition) is 1. The van der Waals surface area contributed by atoms with Crippen LogP contribution in [-0.4, -0.2) is 112 Å². The number of halogens is 6. The molecule has 1 N–H and O–H groups in total. The van der Waals surface area contributed by atoms with Crippen LogP contribution in [0.25, 0.3) is 0 Å². The van der Waals surface area contributed by atoms with Gasteiger partial charge in [0.1, 0.15) is 0 Å². The normalized spacial score (nSPS) is 16.6. The molecule has 15 nitrogen and oxygen atoms in total. The van der Waals surface area contributed by atoms with Gasteiger partial charge in [0.2, 0.25) is 0 Å². The first-order valence-electron chi connectivity index (χ1n) is 16.3. The summed E-state index contributed by atoms with van der Waals surface area (Å²) in [5.74, 6) is -0.700. The van der Waals surface area contributed by atoms with Gasteiger partial charge in [-0.2, -0.15) is 0 Å². The summed E-state index contributed by atoms with van der Waals surface area (Å²) in [6, 6.07) is 0. The topological polar surface area (TPSA) is 212 Å². The van der Waals surface area contributed by atoms with Crippen LogP contribution in [0.1, 0.15) is 84.0 Å². The third-order valence-electron chi connectivity index (χ3n) is 6.44. The average Bonchev–Trinajstić information content (AvgIpc) is 3.08. The minimum absolute atomic E-state index is 0.0359. The van der Waals surface area contributed by atoms with E-state index in [0.29, 0.717) is 71.4 Å². The van der Waals surface area contributed by atoms with Crippen molar-refractivity contribution in [2.24, 2.45) is 11.8 Å². The molecule has 2 unspecified atom stereocenters. The first-order valence-corrected chi connectivity index (χ1v) is 21.5. The van der Waals surface area contributed by atoms with Crippen LogP contribution in [0, 0.1) is 11.8 Å². The van der Waals surface area contributed by atoms with E-state index >= 15 is 0 Å². The summed E-state index contributed by atoms with van der Waals surface area (Å²) in [5.41, 5.74) is -11.7. The van der Waals surface area contributed by atoms with Crippen molar-refractivity contribution in [3.63, 3.8) is 0 Å². The molecule has 0 bridgehead atoms. The van der Waals surface area contributed by atoms with Gasteiger partial charge in [0, 0.05) is 19.4 Å². The Hall–Kier alpha value is -2.48. The molecular weight excluding hydrogens is 897 g/mol. The van der Waals surface area contributed by atoms with Crippen LogP contribution < -0.4 is 0 Å². The van der Waals surface area contributed by atoms with Crippen molar-refractivity contribution in [3.05, 3.63) is 25.3 Å². The molecule has 0 aliphatic carbocycles. The van der Waals surface area contributed by atoms with Crippen molar-refractivity contribution < 1.29 is 91.5 Å². The summed E-state index contributed by atoms with van der Waals surface area (Å²) in [7, 11) is -12.3. The van der Waals surface area contributed by atoms with Crippen molar-refractivity contribution in [2.75, 3.05) is 33.0 Å². The SMILES string of the molecule is C=CCC(CCCO)C(=O)OCCCCC(=O)OCC.C=CCC1CCCOC1=O.O=C1CCCCO1.O=S(=O)([O][Sn][O]S(=O)(=O)C(F)(F)F)C(F)(F)F. The first kappa shape index (κ1) is 53.6. The van der Waals surface area contributed by atoms with Gasteiger partial charge >= 0.3 is 125 Å². The molecule has 2 fully saturated rings. The number of cyclic esters (lactones) is 2. The van der Waals surface area contributed by atoms with Gasteiger partial charge in [0.15, 0.2) is 0 Å². The van der Waals surface area contributed by atoms with Crippen LogP contribution >= 0.6 is 0 Å². The fourth-order valence-corrected chi connectivity index (χ4v) is 8.09. The molecule has 54 heavy (non-hydrogen) atoms. The summed E-state index contributed by atoms with van der Waals surface area (Å²) in [5, 5.41) is 8.79. The standard InChI is InChI=1S/C15H26O5.C8H12O2.C5H8O2.2CHF3O3S.Sn/c1-3-8-13(9-7-11-16)15(18)20-12-6-5-10-14(17)19-4-2;1-2-4-7-5-3-6-10-8(7)9;6-5-3-1-2-4-7-5;2*2-1(3,4)8(5,6)7;/h3,13,16H,1,4-12H2,2H3;2,7H,1,3-6H2;1-4H2;2*(H,5,6,7);/q;;;;;+2/p-2. The van der Waals surface area contributed by atoms with E-state index in [4.69, 9.17) is 19.3 Å². The van der Waals surface area contributed by atoms with Crippen LogP contribution in [0.15, 0.2) is 25.3 Å². The number of hydrogen-bond acceptors (Lipinski definition) is 15. The summed E-state index contributed by atoms with van der Waals surface area (Å²) in [6.07, 6.45) is 12.3. The Morgan fingerprint density at radius 1 is 0.907 bits per heavy atom. The predicted octanol–water partition coefficient (Wildman–Crippen LogP) is 4.71. The number of aliphatic hydroxyl groups is 1. The number of aliphatic hydroxyl groups excluding tert-OH is 1. The minimum atomic E-state index is -6.15. The molecule has 0 aromatic heterocycles. The number of carbonyl (C=O) groups excluding carboxylic acids is 4. The second-order valence-corrected chi connectivity index (χ2v) is 17.2. The van der Waals surface area contributed by atoms with Gasteiger partial charge in [-0.3, -0.25) is 19.2 Å². The second-order valence-electron chi connectivity index (χ2n) is 10.8. The van der Waals surface area contributed by atoms with Gasteiger partial charge in [-0.05, 0) is 71.1 Å². The van der Waals surface area contributed by atoms with E-state index in [2.05, 4.69) is 22.9 Å². The van der Waals surface area contributed by atoms with E-state index in [1.54, 1.807) is 19.1 Å². The van der Waals surface area contributed by atoms with Crippen molar-refractivity contribution in [3.8, 4) is 0 Å². The van der Waals surface area contributed by atoms with E-state index in [1.807, 2.05) is 0 Å². The van der Waals surface area contributed by atoms with E-state index in [-0.39, 0.29) is 42.3 Å². The molecule has 2 heterocycles. The number of esters is 4. The zero-order valence-corrected chi connectivity index (χ0v) is 34.0. The van der Waals surface area contributed by atoms with Crippen LogP contribution in [0.2, 0.25) is 0 Å². The van der Waals surface area contributed by atoms with Gasteiger partial charge in [-0.15, -0.1) is 13.2 Å². The van der Waals surface area contributed by atoms with E-state index in [0.717, 1.165) is 32.1 Å². The Morgan fingerprint density at radius 2 is 1.50 bits per heavy atom. The van der Waals surface area contributed by atoms with Crippen LogP contribution in [0.5, 0.6) is 0 Å². The molecule has 0 saturated carbocycles. The van der Waals surface area contributed by atoms with Gasteiger partial charge in [-0.1, -0.05) is 12.2 Å². The molecular formula is C30H46F6O15S2Sn. The molecule has 2 radical (unpaired) electrons. The van der Waals surface area contributed by atoms with Gasteiger partial charge in [0.05, 0.1) is 38.3 Å². The van der Waals surface area contributed by atoms with Crippen molar-refractivity contribution in [1.29, 1.82) is 0 Å². The number of alkyl halides is 6. The third kappa shape index (κ3) is 25.6. The summed E-state index contributed by atoms with van der Waals surface area (Å²) >= 11 is -3.86. The van der Waals surface area contributed by atoms with Gasteiger partial charge in [-0.25, -0.2) is 0 Å². The molecule has 2 rings (SSSR count). The van der Waals surface area contributed by atoms with E-state index in [1.165, 1.54) is 0 Å². The van der Waals surface area contributed by atoms with E-state index < -0.39 is 53.2 Å². The molecule has 2 saturated heterocycles. The van der Waals surface area contributed by atoms with Crippen molar-refractivity contribution in [2.45, 2.75) is 95.0 Å². The number of unbranched alkanes of at least 4 members (excludes halogenated alkanes) is 1. The maximum atomic E-state index is 11.8. The average molecular weight is 944 g/mol. The fourth-order valence-electron chi connectivity index (χ4n) is 3.75.